The van der Waals surface area contributed by atoms with Gasteiger partial charge in [0.2, 0.25) is 11.8 Å². The molecular weight excluding hydrogens is 516 g/mol. The van der Waals surface area contributed by atoms with E-state index in [-0.39, 0.29) is 24.4 Å². The summed E-state index contributed by atoms with van der Waals surface area (Å²) in [5.41, 5.74) is 1.74. The Balaban J connectivity index is 1.53. The topological polar surface area (TPSA) is 72.2 Å². The number of furan rings is 1. The van der Waals surface area contributed by atoms with Crippen LogP contribution < -0.4 is 9.47 Å². The summed E-state index contributed by atoms with van der Waals surface area (Å²) in [5.74, 6) is 1.62. The molecule has 4 rings (SSSR count). The first-order valence-corrected chi connectivity index (χ1v) is 13.9. The van der Waals surface area contributed by atoms with Crippen molar-refractivity contribution in [3.63, 3.8) is 0 Å². The maximum Gasteiger partial charge on any atom is 0.245 e. The van der Waals surface area contributed by atoms with Crippen LogP contribution in [0.2, 0.25) is 0 Å². The van der Waals surface area contributed by atoms with Crippen LogP contribution in [0.25, 0.3) is 0 Å². The van der Waals surface area contributed by atoms with E-state index in [2.05, 4.69) is 0 Å². The zero-order chi connectivity index (χ0) is 27.6. The number of amides is 2. The van der Waals surface area contributed by atoms with Crippen LogP contribution in [0, 0.1) is 0 Å². The van der Waals surface area contributed by atoms with E-state index < -0.39 is 5.38 Å². The van der Waals surface area contributed by atoms with E-state index in [1.54, 1.807) is 30.3 Å². The fraction of sp³-hybridized carbons (Fsp3) is 0.419. The maximum absolute atomic E-state index is 13.8. The molecule has 0 bridgehead atoms. The molecule has 0 aliphatic heterocycles. The number of carbonyl (C=O) groups is 2. The third kappa shape index (κ3) is 7.57. The van der Waals surface area contributed by atoms with E-state index >= 15 is 0 Å². The third-order valence-electron chi connectivity index (χ3n) is 7.31. The van der Waals surface area contributed by atoms with Crippen molar-refractivity contribution in [3.05, 3.63) is 83.8 Å². The van der Waals surface area contributed by atoms with Crippen molar-refractivity contribution in [2.45, 2.75) is 56.5 Å². The summed E-state index contributed by atoms with van der Waals surface area (Å²) in [6.07, 6.45) is 7.18. The molecule has 0 saturated heterocycles. The highest BCUT2D eigenvalue weighted by molar-refractivity contribution is 6.30. The molecule has 1 aliphatic carbocycles. The van der Waals surface area contributed by atoms with Gasteiger partial charge in [0.15, 0.2) is 11.5 Å². The minimum absolute atomic E-state index is 0.00326. The lowest BCUT2D eigenvalue weighted by Gasteiger charge is -2.36. The van der Waals surface area contributed by atoms with Gasteiger partial charge in [-0.2, -0.15) is 0 Å². The van der Waals surface area contributed by atoms with Crippen LogP contribution in [0.4, 0.5) is 0 Å². The van der Waals surface area contributed by atoms with E-state index in [4.69, 9.17) is 25.5 Å². The van der Waals surface area contributed by atoms with Gasteiger partial charge < -0.3 is 23.7 Å². The number of ether oxygens (including phenoxy) is 2. The molecule has 208 valence electrons. The highest BCUT2D eigenvalue weighted by atomic mass is 35.5. The maximum atomic E-state index is 13.8. The van der Waals surface area contributed by atoms with Crippen LogP contribution in [0.5, 0.6) is 11.5 Å². The number of benzene rings is 2. The lowest BCUT2D eigenvalue weighted by atomic mass is 9.93. The molecule has 8 heteroatoms. The summed E-state index contributed by atoms with van der Waals surface area (Å²) < 4.78 is 16.4. The number of hydrogen-bond acceptors (Lipinski definition) is 5. The fourth-order valence-electron chi connectivity index (χ4n) is 5.12. The van der Waals surface area contributed by atoms with Crippen LogP contribution in [-0.2, 0) is 22.6 Å². The smallest absolute Gasteiger partial charge is 0.245 e. The molecule has 7 nitrogen and oxygen atoms in total. The predicted octanol–water partition coefficient (Wildman–Crippen LogP) is 6.01. The van der Waals surface area contributed by atoms with Crippen LogP contribution in [-0.4, -0.2) is 55.0 Å². The van der Waals surface area contributed by atoms with Gasteiger partial charge in [-0.25, -0.2) is 0 Å². The molecule has 2 amide bonds. The number of methoxy groups -OCH3 is 2. The molecule has 1 heterocycles. The highest BCUT2D eigenvalue weighted by Gasteiger charge is 2.33. The number of alkyl halides is 1. The Morgan fingerprint density at radius 1 is 0.974 bits per heavy atom. The summed E-state index contributed by atoms with van der Waals surface area (Å²) >= 11 is 6.69. The summed E-state index contributed by atoms with van der Waals surface area (Å²) in [7, 11) is 3.20. The first-order valence-electron chi connectivity index (χ1n) is 13.5. The molecule has 1 aliphatic rings. The van der Waals surface area contributed by atoms with Crippen molar-refractivity contribution in [3.8, 4) is 11.5 Å². The van der Waals surface area contributed by atoms with Crippen molar-refractivity contribution in [2.24, 2.45) is 0 Å². The standard InChI is InChI=1S/C31H37ClN2O5/c1-37-27-16-15-23(20-28(27)38-2)17-18-33(21-26-14-9-19-39-26)29(35)22-34(25-12-7-4-8-13-25)31(36)30(32)24-10-5-3-6-11-24/h3,5-6,9-11,14-16,19-20,25,30H,4,7-8,12-13,17-18,21-22H2,1-2H3. The van der Waals surface area contributed by atoms with Gasteiger partial charge in [0, 0.05) is 12.6 Å². The van der Waals surface area contributed by atoms with Crippen molar-refractivity contribution in [1.29, 1.82) is 0 Å². The molecule has 0 spiro atoms. The molecule has 2 aromatic carbocycles. The highest BCUT2D eigenvalue weighted by Crippen LogP contribution is 2.30. The molecule has 1 aromatic heterocycles. The lowest BCUT2D eigenvalue weighted by molar-refractivity contribution is -0.143. The number of carbonyl (C=O) groups excluding carboxylic acids is 2. The van der Waals surface area contributed by atoms with Gasteiger partial charge in [0.25, 0.3) is 0 Å². The minimum atomic E-state index is -0.841. The van der Waals surface area contributed by atoms with E-state index in [0.717, 1.165) is 43.2 Å². The van der Waals surface area contributed by atoms with Gasteiger partial charge in [-0.3, -0.25) is 9.59 Å². The quantitative estimate of drug-likeness (QED) is 0.257. The SMILES string of the molecule is COc1ccc(CCN(Cc2ccco2)C(=O)CN(C(=O)C(Cl)c2ccccc2)C2CCCCC2)cc1OC. The Hall–Kier alpha value is -3.45. The Bertz CT molecular complexity index is 1190. The first-order chi connectivity index (χ1) is 19.0. The second kappa shape index (κ2) is 14.1. The van der Waals surface area contributed by atoms with Crippen LogP contribution in [0.1, 0.15) is 54.4 Å². The summed E-state index contributed by atoms with van der Waals surface area (Å²) in [6.45, 7) is 0.742. The summed E-state index contributed by atoms with van der Waals surface area (Å²) in [5, 5.41) is -0.841. The average Bonchev–Trinajstić information content (AvgIpc) is 3.51. The van der Waals surface area contributed by atoms with E-state index in [9.17, 15) is 9.59 Å². The van der Waals surface area contributed by atoms with E-state index in [0.29, 0.717) is 36.8 Å². The molecule has 0 radical (unpaired) electrons. The Morgan fingerprint density at radius 3 is 2.38 bits per heavy atom. The van der Waals surface area contributed by atoms with Gasteiger partial charge in [-0.1, -0.05) is 55.7 Å². The van der Waals surface area contributed by atoms with E-state index in [1.807, 2.05) is 60.7 Å². The predicted molar refractivity (Wildman–Crippen MR) is 151 cm³/mol. The zero-order valence-corrected chi connectivity index (χ0v) is 23.4. The number of hydrogen-bond donors (Lipinski definition) is 0. The zero-order valence-electron chi connectivity index (χ0n) is 22.7. The largest absolute Gasteiger partial charge is 0.493 e. The molecular formula is C31H37ClN2O5. The van der Waals surface area contributed by atoms with Gasteiger partial charge in [-0.05, 0) is 54.7 Å². The summed E-state index contributed by atoms with van der Waals surface area (Å²) in [4.78, 5) is 31.0. The van der Waals surface area contributed by atoms with Crippen LogP contribution >= 0.6 is 11.6 Å². The Morgan fingerprint density at radius 2 is 1.72 bits per heavy atom. The minimum Gasteiger partial charge on any atom is -0.493 e. The molecule has 1 unspecified atom stereocenters. The second-order valence-electron chi connectivity index (χ2n) is 9.87. The fourth-order valence-corrected chi connectivity index (χ4v) is 5.39. The molecule has 1 saturated carbocycles. The van der Waals surface area contributed by atoms with Crippen molar-refractivity contribution in [1.82, 2.24) is 9.80 Å². The van der Waals surface area contributed by atoms with Crippen molar-refractivity contribution in [2.75, 3.05) is 27.3 Å². The third-order valence-corrected chi connectivity index (χ3v) is 7.75. The Kier molecular flexibility index (Phi) is 10.3. The normalized spacial score (nSPS) is 14.4. The molecule has 1 fully saturated rings. The van der Waals surface area contributed by atoms with Crippen molar-refractivity contribution < 1.29 is 23.5 Å². The molecule has 1 atom stereocenters. The van der Waals surface area contributed by atoms with Gasteiger partial charge >= 0.3 is 0 Å². The molecule has 0 N–H and O–H groups in total. The van der Waals surface area contributed by atoms with E-state index in [1.165, 1.54) is 0 Å². The van der Waals surface area contributed by atoms with Crippen molar-refractivity contribution >= 4 is 23.4 Å². The summed E-state index contributed by atoms with van der Waals surface area (Å²) in [6, 6.07) is 18.7. The number of nitrogens with zero attached hydrogens (tertiary/aromatic N) is 2. The molecule has 3 aromatic rings. The van der Waals surface area contributed by atoms with Crippen LogP contribution in [0.3, 0.4) is 0 Å². The average molecular weight is 553 g/mol. The van der Waals surface area contributed by atoms with Gasteiger partial charge in [0.05, 0.1) is 27.0 Å². The van der Waals surface area contributed by atoms with Crippen LogP contribution in [0.15, 0.2) is 71.3 Å². The Labute approximate surface area is 235 Å². The molecule has 39 heavy (non-hydrogen) atoms. The van der Waals surface area contributed by atoms with Gasteiger partial charge in [-0.15, -0.1) is 11.6 Å². The number of rotatable bonds is 12. The number of halogens is 1. The van der Waals surface area contributed by atoms with Gasteiger partial charge in [0.1, 0.15) is 17.7 Å². The lowest BCUT2D eigenvalue weighted by Crippen LogP contribution is -2.49. The second-order valence-corrected chi connectivity index (χ2v) is 10.3. The monoisotopic (exact) mass is 552 g/mol. The first kappa shape index (κ1) is 28.6.